The van der Waals surface area contributed by atoms with E-state index >= 15 is 0 Å². The topological polar surface area (TPSA) is 138 Å². The normalized spacial score (nSPS) is 10.9. The van der Waals surface area contributed by atoms with E-state index in [9.17, 15) is 14.4 Å². The summed E-state index contributed by atoms with van der Waals surface area (Å²) in [5.74, 6) is -0.991. The molecule has 2 aromatic carbocycles. The molecule has 2 heterocycles. The Labute approximate surface area is 176 Å². The van der Waals surface area contributed by atoms with Crippen molar-refractivity contribution in [3.63, 3.8) is 0 Å². The molecule has 0 aliphatic carbocycles. The second-order valence-electron chi connectivity index (χ2n) is 7.19. The third-order valence-electron chi connectivity index (χ3n) is 4.65. The van der Waals surface area contributed by atoms with Crippen LogP contribution >= 0.6 is 0 Å². The van der Waals surface area contributed by atoms with Gasteiger partial charge in [0.1, 0.15) is 12.9 Å². The number of benzene rings is 2. The van der Waals surface area contributed by atoms with Crippen LogP contribution in [0.5, 0.6) is 0 Å². The van der Waals surface area contributed by atoms with Crippen molar-refractivity contribution in [3.05, 3.63) is 75.8 Å². The van der Waals surface area contributed by atoms with Gasteiger partial charge in [0, 0.05) is 11.3 Å². The van der Waals surface area contributed by atoms with Gasteiger partial charge in [-0.25, -0.2) is 4.98 Å². The second kappa shape index (κ2) is 7.82. The van der Waals surface area contributed by atoms with Crippen LogP contribution in [0.2, 0.25) is 0 Å². The maximum atomic E-state index is 12.8. The van der Waals surface area contributed by atoms with Crippen molar-refractivity contribution >= 4 is 28.7 Å². The highest BCUT2D eigenvalue weighted by atomic mass is 16.2. The van der Waals surface area contributed by atoms with Gasteiger partial charge in [-0.05, 0) is 61.4 Å². The Kier molecular flexibility index (Phi) is 5.04. The van der Waals surface area contributed by atoms with Crippen molar-refractivity contribution in [1.82, 2.24) is 24.5 Å². The van der Waals surface area contributed by atoms with Crippen LogP contribution in [0.3, 0.4) is 0 Å². The maximum Gasteiger partial charge on any atom is 0.284 e. The number of primary amides is 1. The van der Waals surface area contributed by atoms with E-state index in [0.717, 1.165) is 21.4 Å². The summed E-state index contributed by atoms with van der Waals surface area (Å²) in [4.78, 5) is 40.6. The van der Waals surface area contributed by atoms with Gasteiger partial charge in [0.25, 0.3) is 5.56 Å². The summed E-state index contributed by atoms with van der Waals surface area (Å²) < 4.78 is 2.66. The summed E-state index contributed by atoms with van der Waals surface area (Å²) in [6.07, 6.45) is 1.29. The van der Waals surface area contributed by atoms with E-state index in [1.807, 2.05) is 32.0 Å². The summed E-state index contributed by atoms with van der Waals surface area (Å²) in [5.41, 5.74) is 8.76. The molecular weight excluding hydrogens is 398 g/mol. The Hall–Kier alpha value is -4.34. The molecule has 0 fully saturated rings. The van der Waals surface area contributed by atoms with Crippen LogP contribution in [0.1, 0.15) is 21.5 Å². The maximum absolute atomic E-state index is 12.8. The quantitative estimate of drug-likeness (QED) is 0.502. The van der Waals surface area contributed by atoms with Gasteiger partial charge in [0.2, 0.25) is 11.8 Å². The highest BCUT2D eigenvalue weighted by Gasteiger charge is 2.15. The lowest BCUT2D eigenvalue weighted by Gasteiger charge is -2.08. The zero-order valence-electron chi connectivity index (χ0n) is 16.9. The molecule has 4 aromatic rings. The number of hydrogen-bond donors (Lipinski definition) is 2. The lowest BCUT2D eigenvalue weighted by molar-refractivity contribution is -0.116. The molecule has 4 rings (SSSR count). The molecular formula is C21H19N7O3. The standard InChI is InChI=1S/C21H19N7O3/c1-12-7-13(2)9-16(8-12)28-20-18(25-26-28)21(31)27(11-23-20)10-17(29)24-15-5-3-14(4-6-15)19(22)30/h3-9,11H,10H2,1-2H3,(H2,22,30)(H,24,29). The number of fused-ring (bicyclic) bond motifs is 1. The fourth-order valence-corrected chi connectivity index (χ4v) is 3.28. The zero-order chi connectivity index (χ0) is 22.1. The molecule has 156 valence electrons. The molecule has 0 radical (unpaired) electrons. The van der Waals surface area contributed by atoms with Crippen molar-refractivity contribution in [2.24, 2.45) is 5.73 Å². The van der Waals surface area contributed by atoms with Crippen LogP contribution in [0.25, 0.3) is 16.9 Å². The minimum absolute atomic E-state index is 0.0697. The predicted octanol–water partition coefficient (Wildman–Crippen LogP) is 1.33. The lowest BCUT2D eigenvalue weighted by atomic mass is 10.1. The Bertz CT molecular complexity index is 1350. The first kappa shape index (κ1) is 20.0. The van der Waals surface area contributed by atoms with Crippen molar-refractivity contribution < 1.29 is 9.59 Å². The van der Waals surface area contributed by atoms with Gasteiger partial charge in [-0.15, -0.1) is 5.10 Å². The zero-order valence-corrected chi connectivity index (χ0v) is 16.9. The molecule has 10 heteroatoms. The molecule has 0 bridgehead atoms. The van der Waals surface area contributed by atoms with E-state index in [1.165, 1.54) is 23.1 Å². The summed E-state index contributed by atoms with van der Waals surface area (Å²) in [7, 11) is 0. The van der Waals surface area contributed by atoms with Crippen LogP contribution in [0.4, 0.5) is 5.69 Å². The molecule has 0 saturated heterocycles. The molecule has 31 heavy (non-hydrogen) atoms. The molecule has 0 saturated carbocycles. The first-order chi connectivity index (χ1) is 14.8. The number of aromatic nitrogens is 5. The fraction of sp³-hybridized carbons (Fsp3) is 0.143. The number of carbonyl (C=O) groups excluding carboxylic acids is 2. The highest BCUT2D eigenvalue weighted by molar-refractivity contribution is 5.94. The predicted molar refractivity (Wildman–Crippen MR) is 114 cm³/mol. The van der Waals surface area contributed by atoms with E-state index in [2.05, 4.69) is 20.6 Å². The van der Waals surface area contributed by atoms with E-state index in [1.54, 1.807) is 12.1 Å². The summed E-state index contributed by atoms with van der Waals surface area (Å²) in [6, 6.07) is 12.0. The first-order valence-corrected chi connectivity index (χ1v) is 9.41. The Morgan fingerprint density at radius 1 is 1.06 bits per heavy atom. The van der Waals surface area contributed by atoms with Gasteiger partial charge in [-0.3, -0.25) is 19.0 Å². The number of anilines is 1. The van der Waals surface area contributed by atoms with Crippen LogP contribution in [0, 0.1) is 13.8 Å². The van der Waals surface area contributed by atoms with E-state index in [-0.39, 0.29) is 12.1 Å². The van der Waals surface area contributed by atoms with E-state index in [0.29, 0.717) is 16.9 Å². The van der Waals surface area contributed by atoms with Gasteiger partial charge in [-0.1, -0.05) is 11.3 Å². The molecule has 0 aliphatic heterocycles. The monoisotopic (exact) mass is 417 g/mol. The third-order valence-corrected chi connectivity index (χ3v) is 4.65. The van der Waals surface area contributed by atoms with E-state index in [4.69, 9.17) is 5.73 Å². The average Bonchev–Trinajstić information content (AvgIpc) is 3.15. The number of aryl methyl sites for hydroxylation is 2. The van der Waals surface area contributed by atoms with Crippen LogP contribution in [0.15, 0.2) is 53.6 Å². The number of hydrogen-bond acceptors (Lipinski definition) is 6. The molecule has 2 amide bonds. The molecule has 0 spiro atoms. The first-order valence-electron chi connectivity index (χ1n) is 9.41. The third kappa shape index (κ3) is 4.04. The number of amides is 2. The molecule has 3 N–H and O–H groups in total. The van der Waals surface area contributed by atoms with Crippen molar-refractivity contribution in [2.75, 3.05) is 5.32 Å². The molecule has 0 unspecified atom stereocenters. The smallest absolute Gasteiger partial charge is 0.284 e. The van der Waals surface area contributed by atoms with Gasteiger partial charge in [0.15, 0.2) is 11.2 Å². The average molecular weight is 417 g/mol. The lowest BCUT2D eigenvalue weighted by Crippen LogP contribution is -2.28. The van der Waals surface area contributed by atoms with Crippen LogP contribution < -0.4 is 16.6 Å². The summed E-state index contributed by atoms with van der Waals surface area (Å²) >= 11 is 0. The van der Waals surface area contributed by atoms with Gasteiger partial charge in [0.05, 0.1) is 5.69 Å². The number of nitrogens with two attached hydrogens (primary N) is 1. The molecule has 0 aliphatic rings. The number of carbonyl (C=O) groups is 2. The van der Waals surface area contributed by atoms with Crippen LogP contribution in [-0.2, 0) is 11.3 Å². The Morgan fingerprint density at radius 2 is 1.74 bits per heavy atom. The van der Waals surface area contributed by atoms with Crippen molar-refractivity contribution in [2.45, 2.75) is 20.4 Å². The minimum atomic E-state index is -0.558. The SMILES string of the molecule is Cc1cc(C)cc(-n2nnc3c(=O)n(CC(=O)Nc4ccc(C(N)=O)cc4)cnc32)c1. The van der Waals surface area contributed by atoms with Crippen LogP contribution in [-0.4, -0.2) is 36.4 Å². The van der Waals surface area contributed by atoms with Gasteiger partial charge in [-0.2, -0.15) is 4.68 Å². The molecule has 10 nitrogen and oxygen atoms in total. The highest BCUT2D eigenvalue weighted by Crippen LogP contribution is 2.16. The van der Waals surface area contributed by atoms with Crippen molar-refractivity contribution in [1.29, 1.82) is 0 Å². The summed E-state index contributed by atoms with van der Waals surface area (Å²) in [6.45, 7) is 3.68. The van der Waals surface area contributed by atoms with Gasteiger partial charge < -0.3 is 11.1 Å². The number of nitrogens with one attached hydrogen (secondary N) is 1. The Morgan fingerprint density at radius 3 is 2.39 bits per heavy atom. The number of rotatable bonds is 5. The number of nitrogens with zero attached hydrogens (tertiary/aromatic N) is 5. The Balaban J connectivity index is 1.58. The van der Waals surface area contributed by atoms with Crippen molar-refractivity contribution in [3.8, 4) is 5.69 Å². The van der Waals surface area contributed by atoms with E-state index < -0.39 is 17.4 Å². The van der Waals surface area contributed by atoms with Gasteiger partial charge >= 0.3 is 0 Å². The summed E-state index contributed by atoms with van der Waals surface area (Å²) in [5, 5.41) is 10.7. The molecule has 2 aromatic heterocycles. The second-order valence-corrected chi connectivity index (χ2v) is 7.19. The minimum Gasteiger partial charge on any atom is -0.366 e. The molecule has 0 atom stereocenters. The largest absolute Gasteiger partial charge is 0.366 e. The fourth-order valence-electron chi connectivity index (χ4n) is 3.28.